The van der Waals surface area contributed by atoms with E-state index in [1.54, 1.807) is 0 Å². The van der Waals surface area contributed by atoms with E-state index in [2.05, 4.69) is 90.0 Å². The third kappa shape index (κ3) is 4.90. The zero-order valence-corrected chi connectivity index (χ0v) is 19.8. The van der Waals surface area contributed by atoms with E-state index in [0.29, 0.717) is 0 Å². The van der Waals surface area contributed by atoms with Crippen molar-refractivity contribution in [3.05, 3.63) is 70.8 Å². The van der Waals surface area contributed by atoms with Gasteiger partial charge in [0, 0.05) is 0 Å². The Morgan fingerprint density at radius 2 is 0.692 bits per heavy atom. The molecule has 0 bridgehead atoms. The van der Waals surface area contributed by atoms with E-state index in [4.69, 9.17) is 0 Å². The summed E-state index contributed by atoms with van der Waals surface area (Å²) < 4.78 is 14.0. The summed E-state index contributed by atoms with van der Waals surface area (Å²) in [5.74, 6) is 22.4. The fourth-order valence-electron chi connectivity index (χ4n) is 2.36. The van der Waals surface area contributed by atoms with E-state index < -0.39 is 26.5 Å². The Bertz CT molecular complexity index is 928. The van der Waals surface area contributed by atoms with Crippen molar-refractivity contribution in [2.24, 2.45) is 0 Å². The summed E-state index contributed by atoms with van der Waals surface area (Å²) in [5, 5.41) is 0. The van der Waals surface area contributed by atoms with Gasteiger partial charge in [-0.2, -0.15) is 0 Å². The van der Waals surface area contributed by atoms with Crippen LogP contribution in [-0.2, 0) is 0 Å². The molecule has 0 unspecified atom stereocenters. The minimum absolute atomic E-state index is 1.00. The van der Waals surface area contributed by atoms with Crippen LogP contribution in [0, 0.1) is 42.7 Å². The number of fused-ring (bicyclic) bond motifs is 2. The molecule has 0 aromatic heterocycles. The molecule has 1 aliphatic rings. The molecule has 0 amide bonds. The van der Waals surface area contributed by atoms with Crippen LogP contribution in [0.2, 0.25) is 23.0 Å². The maximum absolute atomic E-state index is 3.50. The van der Waals surface area contributed by atoms with Gasteiger partial charge in [0.25, 0.3) is 0 Å². The van der Waals surface area contributed by atoms with Crippen molar-refractivity contribution in [2.45, 2.75) is 23.0 Å². The first-order valence-electron chi connectivity index (χ1n) is 8.65. The Kier molecular flexibility index (Phi) is 5.40. The van der Waals surface area contributed by atoms with Crippen LogP contribution in [0.3, 0.4) is 0 Å². The second-order valence-electron chi connectivity index (χ2n) is 7.34. The normalized spacial score (nSPS) is 15.5. The molecule has 0 radical (unpaired) electrons. The zero-order chi connectivity index (χ0) is 18.6. The number of benzene rings is 2. The maximum atomic E-state index is 3.50. The monoisotopic (exact) mass is 456 g/mol. The standard InChI is InChI=1S/C24H20Ge2/c1-25(2)17-13-21-9-5-7-11-23(21)15-19-26(3,4)20-16-24-12-8-6-10-22(24)14-18-25/h5-12H,1-4H3. The fraction of sp³-hybridized carbons (Fsp3) is 0.167. The molecule has 0 nitrogen and oxygen atoms in total. The number of hydrogen-bond acceptors (Lipinski definition) is 0. The van der Waals surface area contributed by atoms with Crippen molar-refractivity contribution in [1.29, 1.82) is 0 Å². The van der Waals surface area contributed by atoms with Crippen LogP contribution in [0.5, 0.6) is 0 Å². The molecule has 0 atom stereocenters. The van der Waals surface area contributed by atoms with Gasteiger partial charge in [-0.1, -0.05) is 0 Å². The van der Waals surface area contributed by atoms with Crippen molar-refractivity contribution < 1.29 is 0 Å². The fourth-order valence-corrected chi connectivity index (χ4v) is 6.37. The zero-order valence-electron chi connectivity index (χ0n) is 15.6. The molecule has 1 heterocycles. The van der Waals surface area contributed by atoms with E-state index >= 15 is 0 Å². The Labute approximate surface area is 162 Å². The molecule has 0 saturated carbocycles. The number of rotatable bonds is 0. The molecule has 1 aliphatic heterocycles. The van der Waals surface area contributed by atoms with Gasteiger partial charge in [-0.05, 0) is 0 Å². The van der Waals surface area contributed by atoms with Gasteiger partial charge in [0.05, 0.1) is 0 Å². The summed E-state index contributed by atoms with van der Waals surface area (Å²) in [6.07, 6.45) is 0. The van der Waals surface area contributed by atoms with Gasteiger partial charge in [-0.25, -0.2) is 0 Å². The molecule has 0 N–H and O–H groups in total. The van der Waals surface area contributed by atoms with Gasteiger partial charge < -0.3 is 0 Å². The molecule has 2 heteroatoms. The summed E-state index contributed by atoms with van der Waals surface area (Å²) in [7, 11) is 0. The molecule has 0 fully saturated rings. The quantitative estimate of drug-likeness (QED) is 0.410. The van der Waals surface area contributed by atoms with Gasteiger partial charge in [0.2, 0.25) is 0 Å². The minimum atomic E-state index is -2.51. The molecule has 0 saturated heterocycles. The molecular weight excluding hydrogens is 433 g/mol. The van der Waals surface area contributed by atoms with E-state index in [1.807, 2.05) is 24.3 Å². The first kappa shape index (κ1) is 18.6. The van der Waals surface area contributed by atoms with Crippen LogP contribution in [0.25, 0.3) is 0 Å². The van der Waals surface area contributed by atoms with E-state index in [0.717, 1.165) is 22.3 Å². The molecule has 26 heavy (non-hydrogen) atoms. The van der Waals surface area contributed by atoms with Gasteiger partial charge in [0.15, 0.2) is 0 Å². The van der Waals surface area contributed by atoms with Crippen molar-refractivity contribution in [1.82, 2.24) is 0 Å². The van der Waals surface area contributed by atoms with Gasteiger partial charge in [0.1, 0.15) is 0 Å². The first-order valence-corrected chi connectivity index (χ1v) is 21.2. The Morgan fingerprint density at radius 3 is 0.923 bits per heavy atom. The SMILES string of the molecule is [CH3][Ge]1([CH3])[C]#Cc2ccccc2C#[C][Ge]([CH3])([CH3])[C]#Cc2ccccc2C#[C]1. The summed E-state index contributed by atoms with van der Waals surface area (Å²) >= 11 is -5.02. The summed E-state index contributed by atoms with van der Waals surface area (Å²) in [4.78, 5) is 0. The molecule has 0 aliphatic carbocycles. The van der Waals surface area contributed by atoms with Crippen molar-refractivity contribution in [3.63, 3.8) is 0 Å². The molecule has 2 aromatic rings. The van der Waals surface area contributed by atoms with Crippen LogP contribution in [0.15, 0.2) is 48.5 Å². The summed E-state index contributed by atoms with van der Waals surface area (Å²) in [6.45, 7) is 0. The average Bonchev–Trinajstić information content (AvgIpc) is 2.62. The molecule has 0 spiro atoms. The van der Waals surface area contributed by atoms with Crippen molar-refractivity contribution in [2.75, 3.05) is 0 Å². The van der Waals surface area contributed by atoms with Crippen LogP contribution in [0.1, 0.15) is 22.3 Å². The van der Waals surface area contributed by atoms with Crippen LogP contribution in [-0.4, -0.2) is 26.5 Å². The van der Waals surface area contributed by atoms with E-state index in [-0.39, 0.29) is 0 Å². The van der Waals surface area contributed by atoms with Crippen LogP contribution >= 0.6 is 0 Å². The second kappa shape index (κ2) is 7.56. The molecule has 124 valence electrons. The van der Waals surface area contributed by atoms with E-state index in [1.165, 1.54) is 0 Å². The predicted molar refractivity (Wildman–Crippen MR) is 115 cm³/mol. The number of hydrogen-bond donors (Lipinski definition) is 0. The average molecular weight is 454 g/mol. The second-order valence-corrected chi connectivity index (χ2v) is 23.1. The van der Waals surface area contributed by atoms with Crippen LogP contribution < -0.4 is 0 Å². The van der Waals surface area contributed by atoms with E-state index in [9.17, 15) is 0 Å². The third-order valence-electron chi connectivity index (χ3n) is 3.89. The summed E-state index contributed by atoms with van der Waals surface area (Å²) in [6, 6.07) is 16.3. The Hall–Kier alpha value is -2.23. The van der Waals surface area contributed by atoms with Gasteiger partial charge in [-0.3, -0.25) is 0 Å². The predicted octanol–water partition coefficient (Wildman–Crippen LogP) is 4.38. The molecule has 3 rings (SSSR count). The van der Waals surface area contributed by atoms with Crippen molar-refractivity contribution >= 4 is 26.5 Å². The van der Waals surface area contributed by atoms with Gasteiger partial charge in [-0.15, -0.1) is 0 Å². The van der Waals surface area contributed by atoms with Gasteiger partial charge >= 0.3 is 163 Å². The van der Waals surface area contributed by atoms with Crippen LogP contribution in [0.4, 0.5) is 0 Å². The topological polar surface area (TPSA) is 0 Å². The van der Waals surface area contributed by atoms with Crippen molar-refractivity contribution in [3.8, 4) is 42.7 Å². The third-order valence-corrected chi connectivity index (χ3v) is 10.2. The molecular formula is C24H20Ge2. The first-order chi connectivity index (χ1) is 12.3. The Morgan fingerprint density at radius 1 is 0.462 bits per heavy atom. The summed E-state index contributed by atoms with van der Waals surface area (Å²) in [5.41, 5.74) is 4.02. The molecule has 2 aromatic carbocycles. The Balaban J connectivity index is 2.23.